The van der Waals surface area contributed by atoms with Gasteiger partial charge in [-0.1, -0.05) is 41.9 Å². The number of likely N-dealkylation sites (N-methyl/N-ethyl adjacent to an activating group) is 1. The molecule has 1 amide bonds. The molecular formula is C19H24Cl2N2O4. The van der Waals surface area contributed by atoms with E-state index in [0.29, 0.717) is 18.0 Å². The zero-order valence-electron chi connectivity index (χ0n) is 15.2. The number of carbonyl (C=O) groups is 1. The van der Waals surface area contributed by atoms with Gasteiger partial charge in [0.25, 0.3) is 5.91 Å². The number of nitrogen functional groups attached to an aromatic ring is 1. The summed E-state index contributed by atoms with van der Waals surface area (Å²) in [6.45, 7) is 0.627. The molecule has 1 atom stereocenters. The molecule has 0 aromatic heterocycles. The second-order valence-corrected chi connectivity index (χ2v) is 6.32. The van der Waals surface area contributed by atoms with Gasteiger partial charge in [-0.05, 0) is 11.6 Å². The largest absolute Gasteiger partial charge is 0.496 e. The van der Waals surface area contributed by atoms with E-state index < -0.39 is 6.10 Å². The number of ether oxygens (including phenoxy) is 2. The van der Waals surface area contributed by atoms with Crippen molar-refractivity contribution in [2.45, 2.75) is 12.7 Å². The fourth-order valence-electron chi connectivity index (χ4n) is 2.45. The summed E-state index contributed by atoms with van der Waals surface area (Å²) >= 11 is 6.00. The Hall–Kier alpha value is -1.99. The van der Waals surface area contributed by atoms with Gasteiger partial charge >= 0.3 is 0 Å². The van der Waals surface area contributed by atoms with Gasteiger partial charge in [-0.25, -0.2) is 0 Å². The molecule has 0 heterocycles. The van der Waals surface area contributed by atoms with Gasteiger partial charge in [0.2, 0.25) is 0 Å². The number of amides is 1. The smallest absolute Gasteiger partial charge is 0.257 e. The summed E-state index contributed by atoms with van der Waals surface area (Å²) in [7, 11) is 3.04. The van der Waals surface area contributed by atoms with E-state index in [1.807, 2.05) is 30.3 Å². The van der Waals surface area contributed by atoms with E-state index in [-0.39, 0.29) is 42.1 Å². The van der Waals surface area contributed by atoms with E-state index in [4.69, 9.17) is 26.8 Å². The molecule has 27 heavy (non-hydrogen) atoms. The SMILES string of the molecule is COc1cc(N)c(Cl)cc1C(=O)N(C)CC(O)COCc1ccccc1.Cl. The molecule has 0 radical (unpaired) electrons. The normalized spacial score (nSPS) is 11.4. The monoisotopic (exact) mass is 414 g/mol. The molecule has 0 fully saturated rings. The maximum Gasteiger partial charge on any atom is 0.257 e. The summed E-state index contributed by atoms with van der Waals surface area (Å²) in [6, 6.07) is 12.6. The molecule has 0 spiro atoms. The van der Waals surface area contributed by atoms with Gasteiger partial charge in [0.05, 0.1) is 42.7 Å². The van der Waals surface area contributed by atoms with Crippen LogP contribution in [-0.2, 0) is 11.3 Å². The number of aliphatic hydroxyl groups excluding tert-OH is 1. The van der Waals surface area contributed by atoms with Crippen molar-refractivity contribution in [2.24, 2.45) is 0 Å². The zero-order chi connectivity index (χ0) is 19.1. The van der Waals surface area contributed by atoms with Crippen LogP contribution in [0.15, 0.2) is 42.5 Å². The first kappa shape index (κ1) is 23.0. The van der Waals surface area contributed by atoms with Gasteiger partial charge in [0, 0.05) is 19.7 Å². The van der Waals surface area contributed by atoms with Gasteiger partial charge in [-0.3, -0.25) is 4.79 Å². The predicted molar refractivity (Wildman–Crippen MR) is 109 cm³/mol. The lowest BCUT2D eigenvalue weighted by Crippen LogP contribution is -2.36. The highest BCUT2D eigenvalue weighted by Gasteiger charge is 2.20. The number of anilines is 1. The van der Waals surface area contributed by atoms with Crippen LogP contribution < -0.4 is 10.5 Å². The topological polar surface area (TPSA) is 85.0 Å². The molecule has 148 valence electrons. The number of benzene rings is 2. The van der Waals surface area contributed by atoms with E-state index in [1.165, 1.54) is 24.1 Å². The Morgan fingerprint density at radius 1 is 1.30 bits per heavy atom. The van der Waals surface area contributed by atoms with Crippen molar-refractivity contribution >= 4 is 35.6 Å². The van der Waals surface area contributed by atoms with Crippen molar-refractivity contribution < 1.29 is 19.4 Å². The first-order chi connectivity index (χ1) is 12.4. The molecule has 1 unspecified atom stereocenters. The van der Waals surface area contributed by atoms with Crippen molar-refractivity contribution in [2.75, 3.05) is 33.0 Å². The minimum absolute atomic E-state index is 0. The van der Waals surface area contributed by atoms with Crippen LogP contribution in [0.25, 0.3) is 0 Å². The molecule has 2 aromatic rings. The number of nitrogens with two attached hydrogens (primary N) is 1. The molecule has 0 saturated heterocycles. The number of nitrogens with zero attached hydrogens (tertiary/aromatic N) is 1. The average molecular weight is 415 g/mol. The minimum Gasteiger partial charge on any atom is -0.496 e. The van der Waals surface area contributed by atoms with Crippen molar-refractivity contribution in [3.05, 3.63) is 58.6 Å². The second kappa shape index (κ2) is 11.0. The fraction of sp³-hybridized carbons (Fsp3) is 0.316. The molecule has 2 aromatic carbocycles. The summed E-state index contributed by atoms with van der Waals surface area (Å²) < 4.78 is 10.7. The van der Waals surface area contributed by atoms with E-state index in [1.54, 1.807) is 7.05 Å². The molecule has 0 aliphatic rings. The molecule has 3 N–H and O–H groups in total. The molecule has 0 aliphatic carbocycles. The number of carbonyl (C=O) groups excluding carboxylic acids is 1. The third-order valence-electron chi connectivity index (χ3n) is 3.80. The Balaban J connectivity index is 0.00000364. The lowest BCUT2D eigenvalue weighted by atomic mass is 10.1. The van der Waals surface area contributed by atoms with Crippen LogP contribution in [0.1, 0.15) is 15.9 Å². The lowest BCUT2D eigenvalue weighted by Gasteiger charge is -2.22. The average Bonchev–Trinajstić information content (AvgIpc) is 2.63. The standard InChI is InChI=1S/C19H23ClN2O4.ClH/c1-22(10-14(23)12-26-11-13-6-4-3-5-7-13)19(24)15-8-16(20)17(21)9-18(15)25-2;/h3-9,14,23H,10-12,21H2,1-2H3;1H. The van der Waals surface area contributed by atoms with Crippen molar-refractivity contribution in [1.29, 1.82) is 0 Å². The van der Waals surface area contributed by atoms with Crippen molar-refractivity contribution in [3.8, 4) is 5.75 Å². The van der Waals surface area contributed by atoms with Crippen molar-refractivity contribution in [1.82, 2.24) is 4.90 Å². The number of aliphatic hydroxyl groups is 1. The minimum atomic E-state index is -0.817. The van der Waals surface area contributed by atoms with E-state index in [9.17, 15) is 9.90 Å². The van der Waals surface area contributed by atoms with Gasteiger partial charge in [0.1, 0.15) is 5.75 Å². The number of hydrogen-bond donors (Lipinski definition) is 2. The highest BCUT2D eigenvalue weighted by atomic mass is 35.5. The lowest BCUT2D eigenvalue weighted by molar-refractivity contribution is 0.0136. The summed E-state index contributed by atoms with van der Waals surface area (Å²) in [5.41, 5.74) is 7.36. The Labute approximate surface area is 170 Å². The molecule has 6 nitrogen and oxygen atoms in total. The first-order valence-electron chi connectivity index (χ1n) is 8.10. The number of rotatable bonds is 8. The van der Waals surface area contributed by atoms with Gasteiger partial charge in [-0.2, -0.15) is 0 Å². The Kier molecular flexibility index (Phi) is 9.38. The Morgan fingerprint density at radius 3 is 2.59 bits per heavy atom. The third-order valence-corrected chi connectivity index (χ3v) is 4.13. The van der Waals surface area contributed by atoms with Crippen LogP contribution in [0.4, 0.5) is 5.69 Å². The Morgan fingerprint density at radius 2 is 1.96 bits per heavy atom. The number of halogens is 2. The van der Waals surface area contributed by atoms with E-state index >= 15 is 0 Å². The second-order valence-electron chi connectivity index (χ2n) is 5.91. The van der Waals surface area contributed by atoms with E-state index in [0.717, 1.165) is 5.56 Å². The van der Waals surface area contributed by atoms with Crippen LogP contribution in [0.5, 0.6) is 5.75 Å². The van der Waals surface area contributed by atoms with Crippen LogP contribution in [0.3, 0.4) is 0 Å². The van der Waals surface area contributed by atoms with Crippen molar-refractivity contribution in [3.63, 3.8) is 0 Å². The van der Waals surface area contributed by atoms with Crippen LogP contribution in [0, 0.1) is 0 Å². The van der Waals surface area contributed by atoms with Gasteiger partial charge < -0.3 is 25.2 Å². The van der Waals surface area contributed by atoms with Gasteiger partial charge in [0.15, 0.2) is 0 Å². The summed E-state index contributed by atoms with van der Waals surface area (Å²) in [5.74, 6) is 0.00410. The highest BCUT2D eigenvalue weighted by molar-refractivity contribution is 6.33. The molecule has 2 rings (SSSR count). The predicted octanol–water partition coefficient (Wildman–Crippen LogP) is 3.00. The number of methoxy groups -OCH3 is 1. The fourth-order valence-corrected chi connectivity index (χ4v) is 2.61. The highest BCUT2D eigenvalue weighted by Crippen LogP contribution is 2.29. The van der Waals surface area contributed by atoms with Crippen LogP contribution in [0.2, 0.25) is 5.02 Å². The maximum atomic E-state index is 12.6. The molecule has 8 heteroatoms. The Bertz CT molecular complexity index is 744. The van der Waals surface area contributed by atoms with E-state index in [2.05, 4.69) is 0 Å². The summed E-state index contributed by atoms with van der Waals surface area (Å²) in [5, 5.41) is 10.4. The summed E-state index contributed by atoms with van der Waals surface area (Å²) in [6.07, 6.45) is -0.817. The van der Waals surface area contributed by atoms with Crippen LogP contribution in [-0.4, -0.2) is 49.3 Å². The zero-order valence-corrected chi connectivity index (χ0v) is 16.8. The molecule has 0 aliphatic heterocycles. The molecule has 0 bridgehead atoms. The quantitative estimate of drug-likeness (QED) is 0.648. The first-order valence-corrected chi connectivity index (χ1v) is 8.48. The third kappa shape index (κ3) is 6.59. The van der Waals surface area contributed by atoms with Gasteiger partial charge in [-0.15, -0.1) is 12.4 Å². The molecule has 0 saturated carbocycles. The maximum absolute atomic E-state index is 12.6. The summed E-state index contributed by atoms with van der Waals surface area (Å²) in [4.78, 5) is 14.0. The molecular weight excluding hydrogens is 391 g/mol. The number of hydrogen-bond acceptors (Lipinski definition) is 5. The van der Waals surface area contributed by atoms with Crippen LogP contribution >= 0.6 is 24.0 Å².